The van der Waals surface area contributed by atoms with E-state index in [9.17, 15) is 9.18 Å². The van der Waals surface area contributed by atoms with Crippen molar-refractivity contribution in [3.05, 3.63) is 57.5 Å². The van der Waals surface area contributed by atoms with Gasteiger partial charge in [-0.3, -0.25) is 9.79 Å². The lowest BCUT2D eigenvalue weighted by Gasteiger charge is -2.14. The highest BCUT2D eigenvalue weighted by atomic mass is 127. The normalized spacial score (nSPS) is 10.9. The molecule has 5 nitrogen and oxygen atoms in total. The second-order valence-electron chi connectivity index (χ2n) is 5.79. The Morgan fingerprint density at radius 2 is 1.96 bits per heavy atom. The molecular weight excluding hydrogens is 510 g/mol. The van der Waals surface area contributed by atoms with E-state index in [0.29, 0.717) is 25.6 Å². The van der Waals surface area contributed by atoms with Crippen molar-refractivity contribution in [1.82, 2.24) is 16.0 Å². The number of hydrogen-bond donors (Lipinski definition) is 3. The van der Waals surface area contributed by atoms with Gasteiger partial charge in [0, 0.05) is 32.4 Å². The fourth-order valence-electron chi connectivity index (χ4n) is 2.45. The number of amides is 1. The first-order valence-electron chi connectivity index (χ1n) is 8.66. The molecule has 9 heteroatoms. The fraction of sp³-hybridized carbons (Fsp3) is 0.368. The molecule has 0 aliphatic heterocycles. The van der Waals surface area contributed by atoms with E-state index in [1.54, 1.807) is 30.9 Å². The molecule has 0 radical (unpaired) electrons. The molecule has 2 rings (SSSR count). The van der Waals surface area contributed by atoms with E-state index in [0.717, 1.165) is 28.2 Å². The molecule has 0 unspecified atom stereocenters. The second-order valence-corrected chi connectivity index (χ2v) is 7.60. The Bertz CT molecular complexity index is 756. The molecule has 1 aromatic carbocycles. The SMILES string of the molecule is CN=C(NCCCNC(=O)c1cccs1)NCc1ccc(F)cc1CSC.I. The number of rotatable bonds is 9. The Morgan fingerprint density at radius 3 is 2.64 bits per heavy atom. The van der Waals surface area contributed by atoms with Crippen molar-refractivity contribution >= 4 is 58.9 Å². The summed E-state index contributed by atoms with van der Waals surface area (Å²) in [6, 6.07) is 8.54. The van der Waals surface area contributed by atoms with Gasteiger partial charge in [0.2, 0.25) is 0 Å². The van der Waals surface area contributed by atoms with Crippen LogP contribution < -0.4 is 16.0 Å². The third-order valence-electron chi connectivity index (χ3n) is 3.81. The number of halogens is 2. The van der Waals surface area contributed by atoms with Gasteiger partial charge in [0.15, 0.2) is 5.96 Å². The van der Waals surface area contributed by atoms with Crippen LogP contribution in [0.4, 0.5) is 4.39 Å². The summed E-state index contributed by atoms with van der Waals surface area (Å²) in [5.74, 6) is 1.20. The molecule has 1 amide bonds. The number of benzene rings is 1. The number of aliphatic imine (C=N–C) groups is 1. The standard InChI is InChI=1S/C19H25FN4OS2.HI/c1-21-19(23-9-4-8-22-18(25)17-5-3-10-27-17)24-12-14-6-7-16(20)11-15(14)13-26-2;/h3,5-7,10-11H,4,8-9,12-13H2,1-2H3,(H,22,25)(H2,21,23,24);1H. The minimum absolute atomic E-state index is 0. The van der Waals surface area contributed by atoms with Crippen LogP contribution in [0.15, 0.2) is 40.7 Å². The fourth-order valence-corrected chi connectivity index (χ4v) is 3.67. The van der Waals surface area contributed by atoms with Crippen molar-refractivity contribution < 1.29 is 9.18 Å². The number of nitrogens with zero attached hydrogens (tertiary/aromatic N) is 1. The number of thioether (sulfide) groups is 1. The molecule has 1 aromatic heterocycles. The number of guanidine groups is 1. The van der Waals surface area contributed by atoms with Crippen LogP contribution >= 0.6 is 47.1 Å². The van der Waals surface area contributed by atoms with Gasteiger partial charge < -0.3 is 16.0 Å². The Labute approximate surface area is 191 Å². The third-order valence-corrected chi connectivity index (χ3v) is 5.28. The van der Waals surface area contributed by atoms with Gasteiger partial charge in [0.05, 0.1) is 4.88 Å². The molecule has 0 atom stereocenters. The van der Waals surface area contributed by atoms with Crippen molar-refractivity contribution in [2.24, 2.45) is 4.99 Å². The molecule has 2 aromatic rings. The number of carbonyl (C=O) groups excluding carboxylic acids is 1. The molecule has 1 heterocycles. The number of carbonyl (C=O) groups is 1. The summed E-state index contributed by atoms with van der Waals surface area (Å²) in [5, 5.41) is 11.3. The lowest BCUT2D eigenvalue weighted by molar-refractivity contribution is 0.0957. The topological polar surface area (TPSA) is 65.5 Å². The van der Waals surface area contributed by atoms with Crippen molar-refractivity contribution in [2.75, 3.05) is 26.4 Å². The summed E-state index contributed by atoms with van der Waals surface area (Å²) in [5.41, 5.74) is 2.04. The van der Waals surface area contributed by atoms with E-state index in [4.69, 9.17) is 0 Å². The van der Waals surface area contributed by atoms with Crippen molar-refractivity contribution in [3.63, 3.8) is 0 Å². The highest BCUT2D eigenvalue weighted by Crippen LogP contribution is 2.16. The Hall–Kier alpha value is -1.33. The highest BCUT2D eigenvalue weighted by Gasteiger charge is 2.06. The van der Waals surface area contributed by atoms with Crippen LogP contribution in [0.25, 0.3) is 0 Å². The highest BCUT2D eigenvalue weighted by molar-refractivity contribution is 14.0. The lowest BCUT2D eigenvalue weighted by atomic mass is 10.1. The van der Waals surface area contributed by atoms with Crippen LogP contribution in [0.3, 0.4) is 0 Å². The maximum Gasteiger partial charge on any atom is 0.261 e. The molecule has 0 aliphatic rings. The van der Waals surface area contributed by atoms with Crippen LogP contribution in [-0.2, 0) is 12.3 Å². The van der Waals surface area contributed by atoms with Gasteiger partial charge in [-0.15, -0.1) is 35.3 Å². The Morgan fingerprint density at radius 1 is 1.18 bits per heavy atom. The molecule has 154 valence electrons. The van der Waals surface area contributed by atoms with Crippen LogP contribution in [0, 0.1) is 5.82 Å². The minimum atomic E-state index is -0.213. The third kappa shape index (κ3) is 8.36. The largest absolute Gasteiger partial charge is 0.356 e. The summed E-state index contributed by atoms with van der Waals surface area (Å²) in [6.07, 6.45) is 2.78. The Kier molecular flexibility index (Phi) is 12.2. The van der Waals surface area contributed by atoms with Gasteiger partial charge >= 0.3 is 0 Å². The van der Waals surface area contributed by atoms with E-state index >= 15 is 0 Å². The number of hydrogen-bond acceptors (Lipinski definition) is 4. The molecule has 0 aliphatic carbocycles. The van der Waals surface area contributed by atoms with E-state index < -0.39 is 0 Å². The summed E-state index contributed by atoms with van der Waals surface area (Å²) in [6.45, 7) is 1.85. The summed E-state index contributed by atoms with van der Waals surface area (Å²) < 4.78 is 13.4. The van der Waals surface area contributed by atoms with E-state index in [2.05, 4.69) is 20.9 Å². The van der Waals surface area contributed by atoms with Gasteiger partial charge in [-0.05, 0) is 47.4 Å². The monoisotopic (exact) mass is 536 g/mol. The zero-order valence-electron chi connectivity index (χ0n) is 16.0. The van der Waals surface area contributed by atoms with Crippen LogP contribution in [-0.4, -0.2) is 38.3 Å². The first-order valence-corrected chi connectivity index (χ1v) is 10.9. The van der Waals surface area contributed by atoms with Gasteiger partial charge in [0.1, 0.15) is 5.82 Å². The molecule has 0 saturated heterocycles. The molecule has 3 N–H and O–H groups in total. The van der Waals surface area contributed by atoms with Gasteiger partial charge in [-0.25, -0.2) is 4.39 Å². The van der Waals surface area contributed by atoms with E-state index in [-0.39, 0.29) is 35.7 Å². The molecule has 0 saturated carbocycles. The lowest BCUT2D eigenvalue weighted by Crippen LogP contribution is -2.38. The summed E-state index contributed by atoms with van der Waals surface area (Å²) in [7, 11) is 1.71. The molecule has 28 heavy (non-hydrogen) atoms. The first-order chi connectivity index (χ1) is 13.1. The number of nitrogens with one attached hydrogen (secondary N) is 3. The van der Waals surface area contributed by atoms with Crippen molar-refractivity contribution in [3.8, 4) is 0 Å². The smallest absolute Gasteiger partial charge is 0.261 e. The maximum atomic E-state index is 13.4. The van der Waals surface area contributed by atoms with E-state index in [1.807, 2.05) is 23.8 Å². The predicted molar refractivity (Wildman–Crippen MR) is 129 cm³/mol. The van der Waals surface area contributed by atoms with Crippen LogP contribution in [0.5, 0.6) is 0 Å². The van der Waals surface area contributed by atoms with Gasteiger partial charge in [0.25, 0.3) is 5.91 Å². The van der Waals surface area contributed by atoms with Crippen LogP contribution in [0.1, 0.15) is 27.2 Å². The summed E-state index contributed by atoms with van der Waals surface area (Å²) in [4.78, 5) is 16.8. The zero-order chi connectivity index (χ0) is 19.5. The average Bonchev–Trinajstić information content (AvgIpc) is 3.20. The quantitative estimate of drug-likeness (QED) is 0.197. The summed E-state index contributed by atoms with van der Waals surface area (Å²) >= 11 is 3.10. The molecule has 0 spiro atoms. The van der Waals surface area contributed by atoms with Gasteiger partial charge in [-0.1, -0.05) is 12.1 Å². The molecule has 0 bridgehead atoms. The predicted octanol–water partition coefficient (Wildman–Crippen LogP) is 3.85. The Balaban J connectivity index is 0.00000392. The van der Waals surface area contributed by atoms with Crippen molar-refractivity contribution in [2.45, 2.75) is 18.7 Å². The minimum Gasteiger partial charge on any atom is -0.356 e. The molecular formula is C19H26FIN4OS2. The average molecular weight is 536 g/mol. The molecule has 0 fully saturated rings. The van der Waals surface area contributed by atoms with Crippen LogP contribution in [0.2, 0.25) is 0 Å². The number of thiophene rings is 1. The second kappa shape index (κ2) is 13.8. The van der Waals surface area contributed by atoms with Crippen molar-refractivity contribution in [1.29, 1.82) is 0 Å². The van der Waals surface area contributed by atoms with E-state index in [1.165, 1.54) is 17.4 Å². The van der Waals surface area contributed by atoms with Gasteiger partial charge in [-0.2, -0.15) is 11.8 Å². The zero-order valence-corrected chi connectivity index (χ0v) is 19.9. The maximum absolute atomic E-state index is 13.4. The first kappa shape index (κ1) is 24.7.